The van der Waals surface area contributed by atoms with Gasteiger partial charge < -0.3 is 13.6 Å². The summed E-state index contributed by atoms with van der Waals surface area (Å²) in [7, 11) is 0. The van der Waals surface area contributed by atoms with Crippen molar-refractivity contribution in [3.05, 3.63) is 158 Å². The fourth-order valence-electron chi connectivity index (χ4n) is 7.16. The summed E-state index contributed by atoms with van der Waals surface area (Å²) in [4.78, 5) is 0. The van der Waals surface area contributed by atoms with Gasteiger partial charge in [0.15, 0.2) is 0 Å². The quantitative estimate of drug-likeness (QED) is 0.204. The average Bonchev–Trinajstić information content (AvgIpc) is 3.81. The molecular weight excluding hydrogens is 548 g/mol. The first-order chi connectivity index (χ1) is 24.4. The van der Waals surface area contributed by atoms with Crippen LogP contribution >= 0.6 is 0 Å². The molecule has 3 aromatic heterocycles. The number of aromatic nitrogens is 2. The maximum Gasteiger partial charge on any atom is 0.143 e. The van der Waals surface area contributed by atoms with Crippen LogP contribution in [-0.4, -0.2) is 9.13 Å². The highest BCUT2D eigenvalue weighted by molar-refractivity contribution is 6.17. The van der Waals surface area contributed by atoms with E-state index in [1.165, 1.54) is 10.8 Å². The molecule has 3 heteroatoms. The van der Waals surface area contributed by atoms with Crippen LogP contribution in [0.5, 0.6) is 0 Å². The first-order valence-electron chi connectivity index (χ1n) is 17.5. The molecule has 3 heterocycles. The van der Waals surface area contributed by atoms with Crippen LogP contribution in [0.1, 0.15) is 6.85 Å². The van der Waals surface area contributed by atoms with Crippen LogP contribution in [0.4, 0.5) is 0 Å². The fourth-order valence-corrected chi connectivity index (χ4v) is 7.16. The molecule has 0 spiro atoms. The summed E-state index contributed by atoms with van der Waals surface area (Å²) in [5.41, 5.74) is 8.10. The molecule has 0 amide bonds. The SMILES string of the molecule is [2H]c1c([2H])c([2H])c(-c2cccc3c2oc2cccc(-n4c5ccccc5c5cc(-n6c7ccccc7c7ccccc76)ccc54)c23)c([2H])c1[2H]. The van der Waals surface area contributed by atoms with E-state index in [0.29, 0.717) is 16.7 Å². The molecule has 0 N–H and O–H groups in total. The molecule has 3 nitrogen and oxygen atoms in total. The molecule has 0 aliphatic rings. The summed E-state index contributed by atoms with van der Waals surface area (Å²) in [6, 6.07) is 42.0. The predicted molar refractivity (Wildman–Crippen MR) is 188 cm³/mol. The lowest BCUT2D eigenvalue weighted by atomic mass is 10.0. The van der Waals surface area contributed by atoms with Gasteiger partial charge in [0.2, 0.25) is 0 Å². The minimum absolute atomic E-state index is 0.122. The molecule has 0 saturated heterocycles. The van der Waals surface area contributed by atoms with E-state index in [2.05, 4.69) is 106 Å². The van der Waals surface area contributed by atoms with Crippen molar-refractivity contribution in [2.24, 2.45) is 0 Å². The Balaban J connectivity index is 1.25. The van der Waals surface area contributed by atoms with Crippen LogP contribution in [-0.2, 0) is 0 Å². The summed E-state index contributed by atoms with van der Waals surface area (Å²) < 4.78 is 53.1. The number of para-hydroxylation sites is 4. The molecular formula is C42H26N2O. The summed E-state index contributed by atoms with van der Waals surface area (Å²) in [6.07, 6.45) is 0. The van der Waals surface area contributed by atoms with Crippen LogP contribution in [0.15, 0.2) is 162 Å². The Morgan fingerprint density at radius 3 is 1.82 bits per heavy atom. The van der Waals surface area contributed by atoms with Crippen LogP contribution in [0.25, 0.3) is 88.1 Å². The summed E-state index contributed by atoms with van der Waals surface area (Å²) in [6.45, 7) is 0. The zero-order valence-electron chi connectivity index (χ0n) is 28.9. The van der Waals surface area contributed by atoms with Crippen molar-refractivity contribution in [1.82, 2.24) is 9.13 Å². The van der Waals surface area contributed by atoms with Gasteiger partial charge in [-0.25, -0.2) is 0 Å². The van der Waals surface area contributed by atoms with Gasteiger partial charge in [0.25, 0.3) is 0 Å². The molecule has 0 unspecified atom stereocenters. The molecule has 0 aliphatic carbocycles. The van der Waals surface area contributed by atoms with Crippen LogP contribution in [0, 0.1) is 0 Å². The normalized spacial score (nSPS) is 13.6. The van der Waals surface area contributed by atoms with Gasteiger partial charge in [0.05, 0.1) is 40.0 Å². The average molecular weight is 580 g/mol. The number of hydrogen-bond acceptors (Lipinski definition) is 1. The Labute approximate surface area is 265 Å². The van der Waals surface area contributed by atoms with Gasteiger partial charge in [-0.1, -0.05) is 109 Å². The molecule has 10 rings (SSSR count). The number of benzene rings is 7. The smallest absolute Gasteiger partial charge is 0.143 e. The highest BCUT2D eigenvalue weighted by atomic mass is 16.3. The van der Waals surface area contributed by atoms with Crippen LogP contribution in [0.3, 0.4) is 0 Å². The molecule has 210 valence electrons. The Morgan fingerprint density at radius 2 is 1.09 bits per heavy atom. The van der Waals surface area contributed by atoms with E-state index in [4.69, 9.17) is 11.3 Å². The molecule has 0 atom stereocenters. The lowest BCUT2D eigenvalue weighted by Gasteiger charge is -2.11. The van der Waals surface area contributed by atoms with Gasteiger partial charge in [-0.3, -0.25) is 0 Å². The fraction of sp³-hybridized carbons (Fsp3) is 0. The molecule has 0 bridgehead atoms. The second kappa shape index (κ2) is 9.22. The third kappa shape index (κ3) is 3.41. The number of hydrogen-bond donors (Lipinski definition) is 0. The summed E-state index contributed by atoms with van der Waals surface area (Å²) >= 11 is 0. The van der Waals surface area contributed by atoms with Gasteiger partial charge >= 0.3 is 0 Å². The van der Waals surface area contributed by atoms with E-state index >= 15 is 0 Å². The topological polar surface area (TPSA) is 23.0 Å². The Hall–Kier alpha value is -6.06. The van der Waals surface area contributed by atoms with E-state index in [1.807, 2.05) is 24.3 Å². The number of rotatable bonds is 3. The van der Waals surface area contributed by atoms with E-state index in [9.17, 15) is 0 Å². The number of nitrogens with zero attached hydrogens (tertiary/aromatic N) is 2. The molecule has 0 aliphatic heterocycles. The Morgan fingerprint density at radius 1 is 0.489 bits per heavy atom. The second-order valence-corrected chi connectivity index (χ2v) is 11.4. The van der Waals surface area contributed by atoms with Crippen molar-refractivity contribution in [2.45, 2.75) is 0 Å². The van der Waals surface area contributed by atoms with Gasteiger partial charge in [0, 0.05) is 38.2 Å². The van der Waals surface area contributed by atoms with Gasteiger partial charge in [-0.15, -0.1) is 0 Å². The van der Waals surface area contributed by atoms with Crippen molar-refractivity contribution >= 4 is 65.6 Å². The van der Waals surface area contributed by atoms with Crippen molar-refractivity contribution in [3.63, 3.8) is 0 Å². The standard InChI is InChI=1S/C42H26N2O/c1-2-12-27(13-3-1)29-17-10-18-33-41-39(22-11-23-40(41)45-42(29)33)44-37-21-9-6-16-32(37)34-26-28(24-25-38(34)44)43-35-19-7-4-14-30(35)31-15-5-8-20-36(31)43/h1-26H/i1D,2D,3D,12D,13D. The van der Waals surface area contributed by atoms with Crippen molar-refractivity contribution in [3.8, 4) is 22.5 Å². The zero-order valence-corrected chi connectivity index (χ0v) is 23.9. The third-order valence-corrected chi connectivity index (χ3v) is 9.01. The number of furan rings is 1. The highest BCUT2D eigenvalue weighted by Gasteiger charge is 2.20. The Kier molecular flexibility index (Phi) is 4.10. The maximum atomic E-state index is 8.66. The summed E-state index contributed by atoms with van der Waals surface area (Å²) in [5, 5.41) is 6.34. The first kappa shape index (κ1) is 20.0. The van der Waals surface area contributed by atoms with Gasteiger partial charge in [-0.2, -0.15) is 0 Å². The molecule has 0 radical (unpaired) electrons. The van der Waals surface area contributed by atoms with Crippen molar-refractivity contribution in [2.75, 3.05) is 0 Å². The minimum Gasteiger partial charge on any atom is -0.455 e. The van der Waals surface area contributed by atoms with Crippen molar-refractivity contribution < 1.29 is 11.3 Å². The lowest BCUT2D eigenvalue weighted by Crippen LogP contribution is -1.96. The molecule has 10 aromatic rings. The van der Waals surface area contributed by atoms with Gasteiger partial charge in [-0.05, 0) is 54.1 Å². The zero-order chi connectivity index (χ0) is 33.8. The summed E-state index contributed by atoms with van der Waals surface area (Å²) in [5.74, 6) is 0. The highest BCUT2D eigenvalue weighted by Crippen LogP contribution is 2.42. The maximum absolute atomic E-state index is 8.66. The lowest BCUT2D eigenvalue weighted by molar-refractivity contribution is 0.670. The molecule has 7 aromatic carbocycles. The first-order valence-corrected chi connectivity index (χ1v) is 15.0. The second-order valence-electron chi connectivity index (χ2n) is 11.4. The largest absolute Gasteiger partial charge is 0.455 e. The van der Waals surface area contributed by atoms with E-state index in [0.717, 1.165) is 55.0 Å². The number of fused-ring (bicyclic) bond motifs is 9. The Bertz CT molecular complexity index is 2980. The molecule has 0 saturated carbocycles. The third-order valence-electron chi connectivity index (χ3n) is 9.01. The van der Waals surface area contributed by atoms with Crippen LogP contribution in [0.2, 0.25) is 0 Å². The van der Waals surface area contributed by atoms with E-state index in [1.54, 1.807) is 6.07 Å². The monoisotopic (exact) mass is 579 g/mol. The minimum atomic E-state index is -0.421. The van der Waals surface area contributed by atoms with Crippen LogP contribution < -0.4 is 0 Å². The molecule has 45 heavy (non-hydrogen) atoms. The predicted octanol–water partition coefficient (Wildman–Crippen LogP) is 11.4. The van der Waals surface area contributed by atoms with Crippen molar-refractivity contribution in [1.29, 1.82) is 0 Å². The molecule has 0 fully saturated rings. The van der Waals surface area contributed by atoms with Gasteiger partial charge in [0.1, 0.15) is 11.2 Å². The van der Waals surface area contributed by atoms with E-state index < -0.39 is 6.04 Å². The van der Waals surface area contributed by atoms with E-state index in [-0.39, 0.29) is 29.7 Å².